The van der Waals surface area contributed by atoms with Crippen molar-refractivity contribution in [2.24, 2.45) is 5.73 Å². The van der Waals surface area contributed by atoms with E-state index in [0.29, 0.717) is 0 Å². The minimum atomic E-state index is -0.529. The van der Waals surface area contributed by atoms with Crippen molar-refractivity contribution in [2.45, 2.75) is 32.9 Å². The maximum atomic E-state index is 11.2. The Kier molecular flexibility index (Phi) is 5.06. The van der Waals surface area contributed by atoms with Gasteiger partial charge in [-0.2, -0.15) is 0 Å². The molecule has 0 saturated heterocycles. The van der Waals surface area contributed by atoms with Gasteiger partial charge in [0.2, 0.25) is 11.8 Å². The highest BCUT2D eigenvalue weighted by Crippen LogP contribution is 1.84. The Bertz CT molecular complexity index is 192. The fourth-order valence-corrected chi connectivity index (χ4v) is 0.775. The third-order valence-electron chi connectivity index (χ3n) is 1.39. The molecule has 1 unspecified atom stereocenters. The van der Waals surface area contributed by atoms with Crippen LogP contribution in [0.1, 0.15) is 20.8 Å². The number of nitrogens with one attached hydrogen (secondary N) is 2. The summed E-state index contributed by atoms with van der Waals surface area (Å²) in [6.07, 6.45) is 0. The molecule has 0 aliphatic carbocycles. The number of carbonyl (C=O) groups is 2. The summed E-state index contributed by atoms with van der Waals surface area (Å²) in [4.78, 5) is 22.0. The van der Waals surface area contributed by atoms with E-state index in [2.05, 4.69) is 10.6 Å². The SMILES string of the molecule is CC(C)NC(=O)C(C)NC(=O)CN. The first-order valence-electron chi connectivity index (χ1n) is 4.27. The van der Waals surface area contributed by atoms with Crippen molar-refractivity contribution in [1.29, 1.82) is 0 Å². The lowest BCUT2D eigenvalue weighted by Crippen LogP contribution is -2.48. The van der Waals surface area contributed by atoms with Crippen molar-refractivity contribution < 1.29 is 9.59 Å². The van der Waals surface area contributed by atoms with Crippen LogP contribution in [0.4, 0.5) is 0 Å². The first-order valence-corrected chi connectivity index (χ1v) is 4.27. The van der Waals surface area contributed by atoms with Crippen LogP contribution in [0.3, 0.4) is 0 Å². The van der Waals surface area contributed by atoms with E-state index < -0.39 is 6.04 Å². The highest BCUT2D eigenvalue weighted by atomic mass is 16.2. The van der Waals surface area contributed by atoms with Gasteiger partial charge in [-0.1, -0.05) is 0 Å². The Balaban J connectivity index is 3.89. The zero-order valence-electron chi connectivity index (χ0n) is 8.26. The molecule has 0 aromatic carbocycles. The van der Waals surface area contributed by atoms with E-state index in [1.54, 1.807) is 6.92 Å². The van der Waals surface area contributed by atoms with E-state index in [0.717, 1.165) is 0 Å². The second-order valence-corrected chi connectivity index (χ2v) is 3.16. The number of amides is 2. The van der Waals surface area contributed by atoms with Crippen molar-refractivity contribution in [3.05, 3.63) is 0 Å². The number of hydrogen-bond acceptors (Lipinski definition) is 3. The molecule has 1 atom stereocenters. The van der Waals surface area contributed by atoms with Gasteiger partial charge in [-0.25, -0.2) is 0 Å². The summed E-state index contributed by atoms with van der Waals surface area (Å²) < 4.78 is 0. The molecule has 0 saturated carbocycles. The molecule has 0 radical (unpaired) electrons. The molecule has 4 N–H and O–H groups in total. The van der Waals surface area contributed by atoms with E-state index >= 15 is 0 Å². The summed E-state index contributed by atoms with van der Waals surface area (Å²) in [7, 11) is 0. The number of carbonyl (C=O) groups excluding carboxylic acids is 2. The van der Waals surface area contributed by atoms with Gasteiger partial charge in [-0.05, 0) is 20.8 Å². The third-order valence-corrected chi connectivity index (χ3v) is 1.39. The average Bonchev–Trinajstić information content (AvgIpc) is 2.02. The van der Waals surface area contributed by atoms with Crippen molar-refractivity contribution in [3.63, 3.8) is 0 Å². The predicted octanol–water partition coefficient (Wildman–Crippen LogP) is -1.03. The molecule has 0 aliphatic heterocycles. The summed E-state index contributed by atoms with van der Waals surface area (Å²) in [5.41, 5.74) is 5.08. The van der Waals surface area contributed by atoms with E-state index in [9.17, 15) is 9.59 Å². The molecule has 0 aromatic heterocycles. The molecule has 0 aromatic rings. The van der Waals surface area contributed by atoms with Crippen LogP contribution in [0.5, 0.6) is 0 Å². The molecule has 5 heteroatoms. The van der Waals surface area contributed by atoms with E-state index in [-0.39, 0.29) is 24.4 Å². The van der Waals surface area contributed by atoms with Gasteiger partial charge in [0.1, 0.15) is 6.04 Å². The second-order valence-electron chi connectivity index (χ2n) is 3.16. The lowest BCUT2D eigenvalue weighted by Gasteiger charge is -2.15. The molecule has 0 heterocycles. The largest absolute Gasteiger partial charge is 0.352 e. The monoisotopic (exact) mass is 187 g/mol. The van der Waals surface area contributed by atoms with Crippen molar-refractivity contribution >= 4 is 11.8 Å². The molecule has 0 spiro atoms. The van der Waals surface area contributed by atoms with Gasteiger partial charge in [-0.15, -0.1) is 0 Å². The van der Waals surface area contributed by atoms with Crippen LogP contribution in [-0.2, 0) is 9.59 Å². The summed E-state index contributed by atoms with van der Waals surface area (Å²) in [5, 5.41) is 5.14. The van der Waals surface area contributed by atoms with Gasteiger partial charge in [0.15, 0.2) is 0 Å². The Morgan fingerprint density at radius 2 is 1.77 bits per heavy atom. The van der Waals surface area contributed by atoms with Crippen molar-refractivity contribution in [1.82, 2.24) is 10.6 Å². The maximum absolute atomic E-state index is 11.2. The van der Waals surface area contributed by atoms with Crippen LogP contribution < -0.4 is 16.4 Å². The summed E-state index contributed by atoms with van der Waals surface area (Å²) >= 11 is 0. The van der Waals surface area contributed by atoms with Crippen LogP contribution in [0.2, 0.25) is 0 Å². The summed E-state index contributed by atoms with van der Waals surface area (Å²) in [6.45, 7) is 5.23. The van der Waals surface area contributed by atoms with E-state index in [4.69, 9.17) is 5.73 Å². The summed E-state index contributed by atoms with van der Waals surface area (Å²) in [6, 6.07) is -0.455. The maximum Gasteiger partial charge on any atom is 0.242 e. The molecule has 5 nitrogen and oxygen atoms in total. The van der Waals surface area contributed by atoms with Gasteiger partial charge in [0, 0.05) is 6.04 Å². The van der Waals surface area contributed by atoms with Crippen LogP contribution in [0.15, 0.2) is 0 Å². The number of nitrogens with two attached hydrogens (primary N) is 1. The number of rotatable bonds is 4. The molecule has 0 fully saturated rings. The predicted molar refractivity (Wildman–Crippen MR) is 49.9 cm³/mol. The normalized spacial score (nSPS) is 12.4. The van der Waals surface area contributed by atoms with Gasteiger partial charge in [-0.3, -0.25) is 9.59 Å². The molecule has 76 valence electrons. The molecule has 2 amide bonds. The van der Waals surface area contributed by atoms with Crippen molar-refractivity contribution in [2.75, 3.05) is 6.54 Å². The summed E-state index contributed by atoms with van der Waals surface area (Å²) in [5.74, 6) is -0.525. The van der Waals surface area contributed by atoms with Gasteiger partial charge < -0.3 is 16.4 Å². The first-order chi connectivity index (χ1) is 5.97. The molecule has 0 bridgehead atoms. The fourth-order valence-electron chi connectivity index (χ4n) is 0.775. The molecule has 13 heavy (non-hydrogen) atoms. The van der Waals surface area contributed by atoms with Crippen LogP contribution in [0, 0.1) is 0 Å². The van der Waals surface area contributed by atoms with Gasteiger partial charge in [0.05, 0.1) is 6.54 Å². The average molecular weight is 187 g/mol. The minimum Gasteiger partial charge on any atom is -0.352 e. The lowest BCUT2D eigenvalue weighted by molar-refractivity contribution is -0.128. The highest BCUT2D eigenvalue weighted by molar-refractivity contribution is 5.87. The Morgan fingerprint density at radius 3 is 2.15 bits per heavy atom. The Hall–Kier alpha value is -1.10. The second kappa shape index (κ2) is 5.53. The molecule has 0 rings (SSSR count). The van der Waals surface area contributed by atoms with Gasteiger partial charge >= 0.3 is 0 Å². The molecular formula is C8H17N3O2. The van der Waals surface area contributed by atoms with Gasteiger partial charge in [0.25, 0.3) is 0 Å². The van der Waals surface area contributed by atoms with Crippen LogP contribution in [-0.4, -0.2) is 30.4 Å². The minimum absolute atomic E-state index is 0.0738. The third kappa shape index (κ3) is 5.19. The quantitative estimate of drug-likeness (QED) is 0.526. The lowest BCUT2D eigenvalue weighted by atomic mass is 10.3. The Morgan fingerprint density at radius 1 is 1.23 bits per heavy atom. The zero-order chi connectivity index (χ0) is 10.4. The van der Waals surface area contributed by atoms with Crippen LogP contribution in [0.25, 0.3) is 0 Å². The first kappa shape index (κ1) is 11.9. The zero-order valence-corrected chi connectivity index (χ0v) is 8.26. The van der Waals surface area contributed by atoms with Crippen LogP contribution >= 0.6 is 0 Å². The topological polar surface area (TPSA) is 84.2 Å². The molecular weight excluding hydrogens is 170 g/mol. The smallest absolute Gasteiger partial charge is 0.242 e. The fraction of sp³-hybridized carbons (Fsp3) is 0.750. The standard InChI is InChI=1S/C8H17N3O2/c1-5(2)10-8(13)6(3)11-7(12)4-9/h5-6H,4,9H2,1-3H3,(H,10,13)(H,11,12). The highest BCUT2D eigenvalue weighted by Gasteiger charge is 2.14. The van der Waals surface area contributed by atoms with E-state index in [1.165, 1.54) is 0 Å². The molecule has 0 aliphatic rings. The van der Waals surface area contributed by atoms with E-state index in [1.807, 2.05) is 13.8 Å². The number of hydrogen-bond donors (Lipinski definition) is 3. The Labute approximate surface area is 78.1 Å². The van der Waals surface area contributed by atoms with Crippen molar-refractivity contribution in [3.8, 4) is 0 Å².